The molecule has 2 amide bonds. The van der Waals surface area contributed by atoms with Gasteiger partial charge in [0.15, 0.2) is 0 Å². The molecule has 0 aliphatic carbocycles. The molecule has 2 heterocycles. The molecule has 4 rings (SSSR count). The van der Waals surface area contributed by atoms with Crippen molar-refractivity contribution in [2.24, 2.45) is 5.41 Å². The van der Waals surface area contributed by atoms with Crippen LogP contribution in [0.4, 0.5) is 0 Å². The van der Waals surface area contributed by atoms with Crippen LogP contribution in [0.2, 0.25) is 0 Å². The van der Waals surface area contributed by atoms with Crippen LogP contribution in [0.1, 0.15) is 22.3 Å². The molecule has 0 bridgehead atoms. The van der Waals surface area contributed by atoms with Crippen LogP contribution in [0.15, 0.2) is 66.0 Å². The average molecular weight is 435 g/mol. The fourth-order valence-electron chi connectivity index (χ4n) is 4.37. The number of rotatable bonds is 6. The van der Waals surface area contributed by atoms with Crippen molar-refractivity contribution in [3.05, 3.63) is 77.2 Å². The van der Waals surface area contributed by atoms with Crippen molar-refractivity contribution in [2.45, 2.75) is 12.8 Å². The second-order valence-electron chi connectivity index (χ2n) is 7.88. The normalized spacial score (nSPS) is 18.1. The summed E-state index contributed by atoms with van der Waals surface area (Å²) < 4.78 is 5.26. The molecule has 1 aromatic heterocycles. The van der Waals surface area contributed by atoms with E-state index in [1.165, 1.54) is 4.88 Å². The Labute approximate surface area is 186 Å². The van der Waals surface area contributed by atoms with Crippen LogP contribution in [0.25, 0.3) is 10.4 Å². The smallest absolute Gasteiger partial charge is 0.254 e. The van der Waals surface area contributed by atoms with Gasteiger partial charge in [0.1, 0.15) is 5.75 Å². The van der Waals surface area contributed by atoms with Gasteiger partial charge in [-0.25, -0.2) is 0 Å². The van der Waals surface area contributed by atoms with Crippen LogP contribution < -0.4 is 10.1 Å². The number of carbonyl (C=O) groups excluding carboxylic acids is 2. The maximum Gasteiger partial charge on any atom is 0.254 e. The van der Waals surface area contributed by atoms with Gasteiger partial charge in [-0.15, -0.1) is 11.3 Å². The minimum atomic E-state index is -0.656. The molecular formula is C25H26N2O3S. The third-order valence-electron chi connectivity index (χ3n) is 6.00. The zero-order chi connectivity index (χ0) is 21.8. The van der Waals surface area contributed by atoms with Gasteiger partial charge in [0.25, 0.3) is 5.91 Å². The zero-order valence-electron chi connectivity index (χ0n) is 17.8. The Morgan fingerprint density at radius 2 is 1.97 bits per heavy atom. The molecule has 160 valence electrons. The lowest BCUT2D eigenvalue weighted by Gasteiger charge is -2.28. The molecule has 3 aromatic rings. The number of thiophene rings is 1. The van der Waals surface area contributed by atoms with Crippen molar-refractivity contribution < 1.29 is 14.3 Å². The highest BCUT2D eigenvalue weighted by atomic mass is 32.1. The van der Waals surface area contributed by atoms with E-state index in [0.717, 1.165) is 11.1 Å². The number of methoxy groups -OCH3 is 1. The maximum atomic E-state index is 13.2. The molecule has 0 radical (unpaired) electrons. The molecule has 1 fully saturated rings. The molecular weight excluding hydrogens is 408 g/mol. The molecule has 1 aliphatic heterocycles. The van der Waals surface area contributed by atoms with Crippen molar-refractivity contribution in [1.29, 1.82) is 0 Å². The largest absolute Gasteiger partial charge is 0.497 e. The zero-order valence-corrected chi connectivity index (χ0v) is 18.6. The van der Waals surface area contributed by atoms with E-state index in [1.807, 2.05) is 30.3 Å². The van der Waals surface area contributed by atoms with Gasteiger partial charge < -0.3 is 15.0 Å². The number of hydrogen-bond acceptors (Lipinski definition) is 4. The molecule has 2 aromatic carbocycles. The summed E-state index contributed by atoms with van der Waals surface area (Å²) in [6.45, 7) is 0.937. The summed E-state index contributed by atoms with van der Waals surface area (Å²) in [6.07, 6.45) is 1.21. The average Bonchev–Trinajstić information content (AvgIpc) is 3.50. The quantitative estimate of drug-likeness (QED) is 0.631. The van der Waals surface area contributed by atoms with Gasteiger partial charge in [-0.1, -0.05) is 36.4 Å². The number of ether oxygens (including phenoxy) is 1. The molecule has 5 nitrogen and oxygen atoms in total. The number of benzene rings is 2. The molecule has 1 N–H and O–H groups in total. The number of nitrogens with one attached hydrogen (secondary N) is 1. The van der Waals surface area contributed by atoms with Crippen molar-refractivity contribution in [2.75, 3.05) is 27.2 Å². The Morgan fingerprint density at radius 3 is 2.71 bits per heavy atom. The highest BCUT2D eigenvalue weighted by molar-refractivity contribution is 7.13. The second kappa shape index (κ2) is 8.94. The fourth-order valence-corrected chi connectivity index (χ4v) is 5.16. The Bertz CT molecular complexity index is 1080. The van der Waals surface area contributed by atoms with Gasteiger partial charge >= 0.3 is 0 Å². The summed E-state index contributed by atoms with van der Waals surface area (Å²) in [5, 5.41) is 4.91. The lowest BCUT2D eigenvalue weighted by molar-refractivity contribution is -0.129. The SMILES string of the molecule is CNC(=O)C1(Cc2ccccc2-c2cccs2)CCN(C(=O)c2cccc(OC)c2)C1. The molecule has 1 saturated heterocycles. The molecule has 1 atom stereocenters. The van der Waals surface area contributed by atoms with E-state index in [4.69, 9.17) is 4.74 Å². The van der Waals surface area contributed by atoms with Crippen LogP contribution in [0.3, 0.4) is 0 Å². The van der Waals surface area contributed by atoms with Gasteiger partial charge in [0.2, 0.25) is 5.91 Å². The van der Waals surface area contributed by atoms with Gasteiger partial charge in [-0.3, -0.25) is 9.59 Å². The summed E-state index contributed by atoms with van der Waals surface area (Å²) in [7, 11) is 3.25. The van der Waals surface area contributed by atoms with E-state index in [2.05, 4.69) is 28.9 Å². The molecule has 31 heavy (non-hydrogen) atoms. The van der Waals surface area contributed by atoms with Gasteiger partial charge in [0, 0.05) is 30.6 Å². The summed E-state index contributed by atoms with van der Waals surface area (Å²) in [4.78, 5) is 29.2. The van der Waals surface area contributed by atoms with E-state index in [-0.39, 0.29) is 11.8 Å². The number of likely N-dealkylation sites (tertiary alicyclic amines) is 1. The molecule has 1 aliphatic rings. The third kappa shape index (κ3) is 4.21. The Morgan fingerprint density at radius 1 is 1.13 bits per heavy atom. The van der Waals surface area contributed by atoms with Crippen LogP contribution in [0, 0.1) is 5.41 Å². The van der Waals surface area contributed by atoms with E-state index in [9.17, 15) is 9.59 Å². The highest BCUT2D eigenvalue weighted by Gasteiger charge is 2.46. The van der Waals surface area contributed by atoms with E-state index in [0.29, 0.717) is 37.2 Å². The van der Waals surface area contributed by atoms with Gasteiger partial charge in [0.05, 0.1) is 12.5 Å². The lowest BCUT2D eigenvalue weighted by Crippen LogP contribution is -2.44. The number of hydrogen-bond donors (Lipinski definition) is 1. The maximum absolute atomic E-state index is 13.2. The Kier molecular flexibility index (Phi) is 6.09. The van der Waals surface area contributed by atoms with Crippen LogP contribution in [0.5, 0.6) is 5.75 Å². The Balaban J connectivity index is 1.62. The first-order valence-corrected chi connectivity index (χ1v) is 11.2. The van der Waals surface area contributed by atoms with Crippen molar-refractivity contribution >= 4 is 23.2 Å². The van der Waals surface area contributed by atoms with Gasteiger partial charge in [-0.05, 0) is 53.6 Å². The minimum Gasteiger partial charge on any atom is -0.497 e. The lowest BCUT2D eigenvalue weighted by atomic mass is 9.78. The van der Waals surface area contributed by atoms with Crippen LogP contribution >= 0.6 is 11.3 Å². The monoisotopic (exact) mass is 434 g/mol. The third-order valence-corrected chi connectivity index (χ3v) is 6.90. The van der Waals surface area contributed by atoms with Crippen LogP contribution in [-0.4, -0.2) is 44.0 Å². The predicted molar refractivity (Wildman–Crippen MR) is 123 cm³/mol. The standard InChI is InChI=1S/C25H26N2O3S/c1-26-24(29)25(16-19-7-3-4-10-21(19)22-11-6-14-31-22)12-13-27(17-25)23(28)18-8-5-9-20(15-18)30-2/h3-11,14-15H,12-13,16-17H2,1-2H3,(H,26,29). The van der Waals surface area contributed by atoms with E-state index < -0.39 is 5.41 Å². The molecule has 0 saturated carbocycles. The Hall–Kier alpha value is -3.12. The molecule has 6 heteroatoms. The number of nitrogens with zero attached hydrogens (tertiary/aromatic N) is 1. The number of carbonyl (C=O) groups is 2. The highest BCUT2D eigenvalue weighted by Crippen LogP contribution is 2.39. The topological polar surface area (TPSA) is 58.6 Å². The number of amides is 2. The summed E-state index contributed by atoms with van der Waals surface area (Å²) in [6, 6.07) is 19.5. The first-order valence-electron chi connectivity index (χ1n) is 10.3. The van der Waals surface area contributed by atoms with E-state index >= 15 is 0 Å². The predicted octanol–water partition coefficient (Wildman–Crippen LogP) is 4.24. The fraction of sp³-hybridized carbons (Fsp3) is 0.280. The van der Waals surface area contributed by atoms with E-state index in [1.54, 1.807) is 42.5 Å². The first-order chi connectivity index (χ1) is 15.1. The summed E-state index contributed by atoms with van der Waals surface area (Å²) in [5.74, 6) is 0.554. The molecule has 1 unspecified atom stereocenters. The van der Waals surface area contributed by atoms with Gasteiger partial charge in [-0.2, -0.15) is 0 Å². The second-order valence-corrected chi connectivity index (χ2v) is 8.83. The van der Waals surface area contributed by atoms with Crippen molar-refractivity contribution in [3.8, 4) is 16.2 Å². The summed E-state index contributed by atoms with van der Waals surface area (Å²) in [5.41, 5.74) is 2.20. The van der Waals surface area contributed by atoms with Crippen molar-refractivity contribution in [1.82, 2.24) is 10.2 Å². The van der Waals surface area contributed by atoms with Crippen LogP contribution in [-0.2, 0) is 11.2 Å². The first kappa shape index (κ1) is 21.1. The van der Waals surface area contributed by atoms with Crippen molar-refractivity contribution in [3.63, 3.8) is 0 Å². The summed E-state index contributed by atoms with van der Waals surface area (Å²) >= 11 is 1.69. The molecule has 0 spiro atoms. The minimum absolute atomic E-state index is 0.0191.